The van der Waals surface area contributed by atoms with Crippen molar-refractivity contribution in [1.82, 2.24) is 4.98 Å². The number of ether oxygens (including phenoxy) is 1. The molecule has 5 nitrogen and oxygen atoms in total. The molecule has 0 bridgehead atoms. The summed E-state index contributed by atoms with van der Waals surface area (Å²) in [7, 11) is 0. The van der Waals surface area contributed by atoms with Crippen molar-refractivity contribution in [2.75, 3.05) is 11.1 Å². The van der Waals surface area contributed by atoms with Crippen LogP contribution < -0.4 is 10.1 Å². The molecular weight excluding hydrogens is 418 g/mol. The molecule has 1 aromatic heterocycles. The van der Waals surface area contributed by atoms with E-state index in [4.69, 9.17) is 9.72 Å². The first-order valence-corrected chi connectivity index (χ1v) is 11.9. The number of benzene rings is 2. The minimum atomic E-state index is -0.0671. The molecule has 4 rings (SSSR count). The van der Waals surface area contributed by atoms with Crippen molar-refractivity contribution in [3.63, 3.8) is 0 Å². The molecule has 0 atom stereocenters. The highest BCUT2D eigenvalue weighted by Crippen LogP contribution is 2.27. The highest BCUT2D eigenvalue weighted by atomic mass is 32.2. The summed E-state index contributed by atoms with van der Waals surface area (Å²) in [4.78, 5) is 17.1. The lowest BCUT2D eigenvalue weighted by Gasteiger charge is -2.10. The van der Waals surface area contributed by atoms with Gasteiger partial charge in [-0.3, -0.25) is 4.79 Å². The van der Waals surface area contributed by atoms with Gasteiger partial charge in [0.15, 0.2) is 0 Å². The Kier molecular flexibility index (Phi) is 7.42. The van der Waals surface area contributed by atoms with Gasteiger partial charge in [0.2, 0.25) is 5.91 Å². The second kappa shape index (κ2) is 10.8. The molecule has 0 radical (unpaired) electrons. The number of fused-ring (bicyclic) bond motifs is 1. The number of hydrogen-bond donors (Lipinski definition) is 1. The van der Waals surface area contributed by atoms with Gasteiger partial charge >= 0.3 is 0 Å². The third-order valence-electron chi connectivity index (χ3n) is 5.32. The van der Waals surface area contributed by atoms with Crippen molar-refractivity contribution in [2.24, 2.45) is 0 Å². The Morgan fingerprint density at radius 3 is 2.56 bits per heavy atom. The van der Waals surface area contributed by atoms with E-state index in [-0.39, 0.29) is 5.91 Å². The number of hydrogen-bond acceptors (Lipinski definition) is 5. The second-order valence-corrected chi connectivity index (χ2v) is 8.79. The van der Waals surface area contributed by atoms with Crippen LogP contribution in [0, 0.1) is 11.3 Å². The third kappa shape index (κ3) is 5.89. The lowest BCUT2D eigenvalue weighted by Crippen LogP contribution is -2.12. The van der Waals surface area contributed by atoms with Crippen molar-refractivity contribution in [2.45, 2.75) is 43.6 Å². The van der Waals surface area contributed by atoms with E-state index in [0.29, 0.717) is 23.5 Å². The number of thioether (sulfide) groups is 1. The maximum atomic E-state index is 12.4. The van der Waals surface area contributed by atoms with Gasteiger partial charge in [0.1, 0.15) is 22.6 Å². The van der Waals surface area contributed by atoms with E-state index in [2.05, 4.69) is 11.4 Å². The van der Waals surface area contributed by atoms with Gasteiger partial charge in [-0.1, -0.05) is 24.6 Å². The number of nitrogens with zero attached hydrogens (tertiary/aromatic N) is 2. The number of anilines is 1. The molecule has 0 spiro atoms. The summed E-state index contributed by atoms with van der Waals surface area (Å²) < 4.78 is 5.77. The predicted octanol–water partition coefficient (Wildman–Crippen LogP) is 6.14. The Morgan fingerprint density at radius 1 is 1.03 bits per heavy atom. The van der Waals surface area contributed by atoms with E-state index < -0.39 is 0 Å². The lowest BCUT2D eigenvalue weighted by atomic mass is 10.1. The molecular formula is C26H25N3O2S. The van der Waals surface area contributed by atoms with Gasteiger partial charge in [0.25, 0.3) is 0 Å². The number of pyridine rings is 1. The molecule has 1 aliphatic carbocycles. The summed E-state index contributed by atoms with van der Waals surface area (Å²) in [6.45, 7) is 0. The summed E-state index contributed by atoms with van der Waals surface area (Å²) in [6, 6.07) is 21.1. The zero-order valence-electron chi connectivity index (χ0n) is 17.8. The van der Waals surface area contributed by atoms with Crippen LogP contribution in [0.25, 0.3) is 0 Å². The van der Waals surface area contributed by atoms with Gasteiger partial charge in [-0.05, 0) is 73.7 Å². The molecule has 0 aliphatic heterocycles. The fourth-order valence-electron chi connectivity index (χ4n) is 3.68. The molecule has 3 aromatic rings. The largest absolute Gasteiger partial charge is 0.457 e. The highest BCUT2D eigenvalue weighted by molar-refractivity contribution is 7.99. The Balaban J connectivity index is 1.29. The number of carbonyl (C=O) groups is 1. The minimum absolute atomic E-state index is 0.0671. The third-order valence-corrected chi connectivity index (χ3v) is 6.31. The van der Waals surface area contributed by atoms with Crippen LogP contribution in [-0.4, -0.2) is 16.6 Å². The molecule has 0 saturated heterocycles. The van der Waals surface area contributed by atoms with Gasteiger partial charge in [-0.25, -0.2) is 4.98 Å². The number of aryl methyl sites for hydroxylation is 2. The number of nitriles is 1. The van der Waals surface area contributed by atoms with Crippen molar-refractivity contribution >= 4 is 23.4 Å². The van der Waals surface area contributed by atoms with Crippen LogP contribution in [0.3, 0.4) is 0 Å². The average molecular weight is 444 g/mol. The number of rotatable bonds is 7. The fraction of sp³-hybridized carbons (Fsp3) is 0.269. The van der Waals surface area contributed by atoms with Crippen molar-refractivity contribution in [3.8, 4) is 17.6 Å². The van der Waals surface area contributed by atoms with Gasteiger partial charge in [0, 0.05) is 23.6 Å². The standard InChI is InChI=1S/C26H25N3O2S/c27-18-20-17-19-7-3-1-6-10-24(19)29-26(20)32-16-15-25(30)28-21-11-13-23(14-12-21)31-22-8-4-2-5-9-22/h2,4-5,8-9,11-14,17H,1,3,6-7,10,15-16H2,(H,28,30). The topological polar surface area (TPSA) is 75.0 Å². The first-order valence-electron chi connectivity index (χ1n) is 10.9. The number of para-hydroxylation sites is 1. The smallest absolute Gasteiger partial charge is 0.225 e. The van der Waals surface area contributed by atoms with Crippen LogP contribution in [-0.2, 0) is 17.6 Å². The summed E-state index contributed by atoms with van der Waals surface area (Å²) in [5.74, 6) is 1.98. The predicted molar refractivity (Wildman–Crippen MR) is 127 cm³/mol. The summed E-state index contributed by atoms with van der Waals surface area (Å²) in [5.41, 5.74) is 3.67. The van der Waals surface area contributed by atoms with E-state index in [0.717, 1.165) is 47.8 Å². The van der Waals surface area contributed by atoms with E-state index in [1.807, 2.05) is 60.7 Å². The quantitative estimate of drug-likeness (QED) is 0.351. The maximum absolute atomic E-state index is 12.4. The van der Waals surface area contributed by atoms with Crippen LogP contribution >= 0.6 is 11.8 Å². The van der Waals surface area contributed by atoms with Gasteiger partial charge < -0.3 is 10.1 Å². The Labute approximate surface area is 192 Å². The number of aromatic nitrogens is 1. The van der Waals surface area contributed by atoms with Crippen LogP contribution in [0.5, 0.6) is 11.5 Å². The van der Waals surface area contributed by atoms with Crippen molar-refractivity contribution in [3.05, 3.63) is 77.5 Å². The van der Waals surface area contributed by atoms with Crippen LogP contribution in [0.4, 0.5) is 5.69 Å². The Hall–Kier alpha value is -3.30. The Bertz CT molecular complexity index is 1110. The molecule has 162 valence electrons. The van der Waals surface area contributed by atoms with E-state index in [1.54, 1.807) is 0 Å². The van der Waals surface area contributed by atoms with Crippen LogP contribution in [0.15, 0.2) is 65.7 Å². The molecule has 0 unspecified atom stereocenters. The van der Waals surface area contributed by atoms with Crippen LogP contribution in [0.1, 0.15) is 42.5 Å². The van der Waals surface area contributed by atoms with Crippen molar-refractivity contribution < 1.29 is 9.53 Å². The fourth-order valence-corrected chi connectivity index (χ4v) is 4.59. The first kappa shape index (κ1) is 21.9. The monoisotopic (exact) mass is 443 g/mol. The lowest BCUT2D eigenvalue weighted by molar-refractivity contribution is -0.115. The van der Waals surface area contributed by atoms with E-state index in [9.17, 15) is 10.1 Å². The van der Waals surface area contributed by atoms with Crippen LogP contribution in [0.2, 0.25) is 0 Å². The van der Waals surface area contributed by atoms with E-state index in [1.165, 1.54) is 23.7 Å². The summed E-state index contributed by atoms with van der Waals surface area (Å²) >= 11 is 1.48. The molecule has 6 heteroatoms. The van der Waals surface area contributed by atoms with Gasteiger partial charge in [0.05, 0.1) is 5.56 Å². The SMILES string of the molecule is N#Cc1cc2c(nc1SCCC(=O)Nc1ccc(Oc3ccccc3)cc1)CCCCC2. The molecule has 1 heterocycles. The van der Waals surface area contributed by atoms with E-state index >= 15 is 0 Å². The zero-order chi connectivity index (χ0) is 22.2. The number of amides is 1. The molecule has 1 amide bonds. The summed E-state index contributed by atoms with van der Waals surface area (Å²) in [6.07, 6.45) is 5.83. The normalized spacial score (nSPS) is 12.8. The molecule has 2 aromatic carbocycles. The first-order chi connectivity index (χ1) is 15.7. The van der Waals surface area contributed by atoms with Gasteiger partial charge in [-0.15, -0.1) is 11.8 Å². The average Bonchev–Trinajstić information content (AvgIpc) is 3.05. The molecule has 0 saturated carbocycles. The highest BCUT2D eigenvalue weighted by Gasteiger charge is 2.15. The minimum Gasteiger partial charge on any atom is -0.457 e. The number of nitrogens with one attached hydrogen (secondary N) is 1. The summed E-state index contributed by atoms with van der Waals surface area (Å²) in [5, 5.41) is 13.2. The maximum Gasteiger partial charge on any atom is 0.225 e. The number of carbonyl (C=O) groups excluding carboxylic acids is 1. The molecule has 1 N–H and O–H groups in total. The molecule has 1 aliphatic rings. The Morgan fingerprint density at radius 2 is 1.78 bits per heavy atom. The zero-order valence-corrected chi connectivity index (χ0v) is 18.7. The second-order valence-electron chi connectivity index (χ2n) is 7.71. The van der Waals surface area contributed by atoms with Gasteiger partial charge in [-0.2, -0.15) is 5.26 Å². The molecule has 32 heavy (non-hydrogen) atoms. The van der Waals surface area contributed by atoms with Crippen molar-refractivity contribution in [1.29, 1.82) is 5.26 Å². The molecule has 0 fully saturated rings.